The third kappa shape index (κ3) is 18.5. The highest BCUT2D eigenvalue weighted by atomic mass is 16.2. The summed E-state index contributed by atoms with van der Waals surface area (Å²) in [5, 5.41) is 29.1. The third-order valence-corrected chi connectivity index (χ3v) is 12.7. The Morgan fingerprint density at radius 2 is 0.826 bits per heavy atom. The number of hydrogen-bond acceptors (Lipinski definition) is 16. The number of hydrogen-bond donors (Lipinski definition) is 12. The Kier molecular flexibility index (Phi) is 22.3. The highest BCUT2D eigenvalue weighted by Crippen LogP contribution is 2.18. The fourth-order valence-electron chi connectivity index (χ4n) is 8.40. The second kappa shape index (κ2) is 29.7. The van der Waals surface area contributed by atoms with Gasteiger partial charge in [0.15, 0.2) is 17.5 Å². The number of rotatable bonds is 29. The van der Waals surface area contributed by atoms with Gasteiger partial charge in [0, 0.05) is 138 Å². The molecule has 13 N–H and O–H groups in total. The lowest BCUT2D eigenvalue weighted by molar-refractivity contribution is -0.121. The molecular weight excluding hydrogens is 1120 g/mol. The van der Waals surface area contributed by atoms with E-state index in [9.17, 15) is 52.7 Å². The zero-order valence-corrected chi connectivity index (χ0v) is 49.1. The van der Waals surface area contributed by atoms with Crippen molar-refractivity contribution in [2.45, 2.75) is 45.1 Å². The van der Waals surface area contributed by atoms with Crippen molar-refractivity contribution in [1.82, 2.24) is 73.8 Å². The van der Waals surface area contributed by atoms with Crippen LogP contribution in [0.2, 0.25) is 0 Å². The molecule has 0 fully saturated rings. The van der Waals surface area contributed by atoms with Gasteiger partial charge in [0.1, 0.15) is 17.1 Å². The van der Waals surface area contributed by atoms with Gasteiger partial charge >= 0.3 is 0 Å². The summed E-state index contributed by atoms with van der Waals surface area (Å²) in [7, 11) is 13.4. The topological polar surface area (TPSA) is 418 Å². The minimum Gasteiger partial charge on any atom is -0.356 e. The molecule has 0 radical (unpaired) electrons. The van der Waals surface area contributed by atoms with E-state index in [1.165, 1.54) is 91.4 Å². The number of nitrogens with zero attached hydrogens (tertiary/aromatic N) is 10. The van der Waals surface area contributed by atoms with E-state index in [-0.39, 0.29) is 116 Å². The number of nitrogens with two attached hydrogens (primary N) is 1. The molecule has 0 saturated carbocycles. The highest BCUT2D eigenvalue weighted by molar-refractivity contribution is 6.05. The SMILES string of the molecule is CC(=O)Nc1cc(C(=O)Nc2cn(C)c(C(=O)NCCC(=O)Nc3cc(C(=O)NCC[C@H](N)C(=O)Nc4cn(C)c(C(=O)Nc5cn(C)c(C(=O)NCCC(=O)Nc6cc(C(=O)NCCC(=O)NCCCN(C)C)n(C)c6)n5)n4)n(C)c3)n2)n(C)c1. The van der Waals surface area contributed by atoms with Gasteiger partial charge in [-0.25, -0.2) is 15.0 Å². The van der Waals surface area contributed by atoms with Crippen molar-refractivity contribution in [3.05, 3.63) is 89.9 Å². The maximum absolute atomic E-state index is 13.3. The molecule has 6 aromatic rings. The van der Waals surface area contributed by atoms with Crippen LogP contribution in [-0.2, 0) is 66.3 Å². The molecule has 0 spiro atoms. The maximum atomic E-state index is 13.3. The van der Waals surface area contributed by atoms with E-state index in [0.29, 0.717) is 23.6 Å². The molecular formula is C53H72N22O11. The Morgan fingerprint density at radius 1 is 0.442 bits per heavy atom. The van der Waals surface area contributed by atoms with Crippen LogP contribution in [0.25, 0.3) is 0 Å². The summed E-state index contributed by atoms with van der Waals surface area (Å²) in [5.74, 6) is -5.60. The predicted molar refractivity (Wildman–Crippen MR) is 314 cm³/mol. The number of carbonyl (C=O) groups is 11. The lowest BCUT2D eigenvalue weighted by Crippen LogP contribution is -2.39. The molecule has 0 aromatic carbocycles. The van der Waals surface area contributed by atoms with Crippen molar-refractivity contribution in [2.24, 2.45) is 48.0 Å². The zero-order chi connectivity index (χ0) is 62.9. The van der Waals surface area contributed by atoms with Crippen LogP contribution in [0.3, 0.4) is 0 Å². The number of nitrogens with one attached hydrogen (secondary N) is 11. The number of imidazole rings is 3. The Balaban J connectivity index is 0.867. The van der Waals surface area contributed by atoms with Gasteiger partial charge in [-0.2, -0.15) is 0 Å². The molecule has 11 amide bonds. The van der Waals surface area contributed by atoms with Gasteiger partial charge in [-0.3, -0.25) is 52.7 Å². The fraction of sp³-hybridized carbons (Fsp3) is 0.396. The number of carbonyl (C=O) groups excluding carboxylic acids is 11. The molecule has 0 aliphatic heterocycles. The molecule has 86 heavy (non-hydrogen) atoms. The van der Waals surface area contributed by atoms with E-state index in [4.69, 9.17) is 5.73 Å². The Labute approximate surface area is 492 Å². The van der Waals surface area contributed by atoms with Crippen molar-refractivity contribution in [2.75, 3.05) is 85.3 Å². The van der Waals surface area contributed by atoms with Crippen LogP contribution in [0, 0.1) is 0 Å². The standard InChI is InChI=1S/C53H72N22O11/c1-30(76)60-31-21-37(72(6)24-31)50(83)67-39-28-73(7)44(63-39)51(84)58-18-13-42(78)61-32-22-35(70(4)25-32)48(81)56-16-11-34(54)47(80)66-38-27-75(9)46(65-38)53(86)68-40-29-74(8)45(64-40)52(85)59-19-14-43(79)62-33-23-36(71(5)26-33)49(82)57-17-12-41(77)55-15-10-20-69(2)3/h21-29,34H,10-20,54H2,1-9H3,(H,55,77)(H,56,81)(H,57,82)(H,58,84)(H,59,85)(H,60,76)(H,61,78)(H,62,79)(H,66,80)(H,67,83)(H,68,86)/t34-/m0/s1. The lowest BCUT2D eigenvalue weighted by Gasteiger charge is -2.11. The molecule has 0 bridgehead atoms. The maximum Gasteiger partial charge on any atom is 0.292 e. The van der Waals surface area contributed by atoms with Gasteiger partial charge in [0.05, 0.1) is 23.1 Å². The van der Waals surface area contributed by atoms with Gasteiger partial charge in [0.25, 0.3) is 35.4 Å². The fourth-order valence-corrected chi connectivity index (χ4v) is 8.40. The molecule has 1 atom stereocenters. The van der Waals surface area contributed by atoms with Crippen LogP contribution < -0.4 is 64.2 Å². The van der Waals surface area contributed by atoms with Crippen LogP contribution in [-0.4, -0.2) is 172 Å². The number of anilines is 6. The monoisotopic (exact) mass is 1190 g/mol. The first-order chi connectivity index (χ1) is 40.7. The molecule has 0 aliphatic rings. The van der Waals surface area contributed by atoms with E-state index in [0.717, 1.165) is 13.0 Å². The Hall–Kier alpha value is -10.4. The van der Waals surface area contributed by atoms with Gasteiger partial charge in [-0.05, 0) is 51.7 Å². The summed E-state index contributed by atoms with van der Waals surface area (Å²) in [6, 6.07) is 3.31. The number of amides is 11. The zero-order valence-electron chi connectivity index (χ0n) is 49.1. The van der Waals surface area contributed by atoms with E-state index >= 15 is 0 Å². The second-order valence-electron chi connectivity index (χ2n) is 20.2. The molecule has 0 aliphatic carbocycles. The van der Waals surface area contributed by atoms with Crippen LogP contribution in [0.1, 0.15) is 102 Å². The first-order valence-corrected chi connectivity index (χ1v) is 26.9. The predicted octanol–water partition coefficient (Wildman–Crippen LogP) is -0.844. The second-order valence-corrected chi connectivity index (χ2v) is 20.2. The lowest BCUT2D eigenvalue weighted by atomic mass is 10.2. The molecule has 460 valence electrons. The first kappa shape index (κ1) is 64.7. The highest BCUT2D eigenvalue weighted by Gasteiger charge is 2.24. The van der Waals surface area contributed by atoms with Gasteiger partial charge in [0.2, 0.25) is 47.0 Å². The quantitative estimate of drug-likeness (QED) is 0.0255. The smallest absolute Gasteiger partial charge is 0.292 e. The van der Waals surface area contributed by atoms with Gasteiger partial charge < -0.3 is 96.5 Å². The van der Waals surface area contributed by atoms with Crippen molar-refractivity contribution >= 4 is 99.5 Å². The van der Waals surface area contributed by atoms with E-state index in [1.54, 1.807) is 40.6 Å². The van der Waals surface area contributed by atoms with Gasteiger partial charge in [-0.15, -0.1) is 0 Å². The largest absolute Gasteiger partial charge is 0.356 e. The summed E-state index contributed by atoms with van der Waals surface area (Å²) in [6.45, 7) is 2.69. The Bertz CT molecular complexity index is 3520. The van der Waals surface area contributed by atoms with Crippen molar-refractivity contribution < 1.29 is 52.7 Å². The molecule has 6 heterocycles. The van der Waals surface area contributed by atoms with E-state index in [2.05, 4.69) is 73.4 Å². The molecule has 0 unspecified atom stereocenters. The minimum absolute atomic E-state index is 0.000335. The van der Waals surface area contributed by atoms with Crippen molar-refractivity contribution in [3.63, 3.8) is 0 Å². The molecule has 33 heteroatoms. The Morgan fingerprint density at radius 3 is 1.28 bits per heavy atom. The first-order valence-electron chi connectivity index (χ1n) is 26.9. The molecule has 6 aromatic heterocycles. The number of aromatic nitrogens is 9. The average molecular weight is 1190 g/mol. The van der Waals surface area contributed by atoms with Crippen molar-refractivity contribution in [3.8, 4) is 0 Å². The molecule has 0 saturated heterocycles. The molecule has 6 rings (SSSR count). The summed E-state index contributed by atoms with van der Waals surface area (Å²) in [4.78, 5) is 155. The average Bonchev–Trinajstić information content (AvgIpc) is 3.49. The van der Waals surface area contributed by atoms with Crippen LogP contribution >= 0.6 is 0 Å². The number of aryl methyl sites for hydroxylation is 6. The van der Waals surface area contributed by atoms with E-state index in [1.807, 2.05) is 19.0 Å². The minimum atomic E-state index is -1.11. The van der Waals surface area contributed by atoms with Crippen LogP contribution in [0.5, 0.6) is 0 Å². The summed E-state index contributed by atoms with van der Waals surface area (Å²) in [6.07, 6.45) is 9.53. The molecule has 33 nitrogen and oxygen atoms in total. The van der Waals surface area contributed by atoms with Crippen LogP contribution in [0.15, 0.2) is 55.4 Å². The van der Waals surface area contributed by atoms with E-state index < -0.39 is 59.2 Å². The summed E-state index contributed by atoms with van der Waals surface area (Å²) in [5.41, 5.74) is 7.91. The third-order valence-electron chi connectivity index (χ3n) is 12.7. The normalized spacial score (nSPS) is 11.3. The summed E-state index contributed by atoms with van der Waals surface area (Å²) >= 11 is 0. The van der Waals surface area contributed by atoms with Crippen LogP contribution in [0.4, 0.5) is 34.5 Å². The summed E-state index contributed by atoms with van der Waals surface area (Å²) < 4.78 is 8.67. The van der Waals surface area contributed by atoms with Gasteiger partial charge in [-0.1, -0.05) is 0 Å². The van der Waals surface area contributed by atoms with Crippen molar-refractivity contribution in [1.29, 1.82) is 0 Å².